The van der Waals surface area contributed by atoms with Gasteiger partial charge in [0.2, 0.25) is 0 Å². The van der Waals surface area contributed by atoms with Crippen molar-refractivity contribution >= 4 is 37.3 Å². The Balaban J connectivity index is 2.05. The molecule has 29 heavy (non-hydrogen) atoms. The molecule has 0 aromatic rings. The lowest BCUT2D eigenvalue weighted by molar-refractivity contribution is 0.00578. The van der Waals surface area contributed by atoms with Crippen molar-refractivity contribution in [3.8, 4) is 0 Å². The quantitative estimate of drug-likeness (QED) is 0.457. The van der Waals surface area contributed by atoms with Crippen LogP contribution in [0.4, 0.5) is 0 Å². The summed E-state index contributed by atoms with van der Waals surface area (Å²) < 4.78 is 37.6. The van der Waals surface area contributed by atoms with Crippen LogP contribution in [0.5, 0.6) is 0 Å². The van der Waals surface area contributed by atoms with Crippen LogP contribution in [0.15, 0.2) is 0 Å². The minimum atomic E-state index is -1.05. The van der Waals surface area contributed by atoms with E-state index in [1.165, 1.54) is 0 Å². The molecule has 0 aliphatic carbocycles. The maximum atomic E-state index is 6.44. The largest absolute Gasteiger partial charge is 0.471 e. The topological polar surface area (TPSA) is 55.4 Å². The highest BCUT2D eigenvalue weighted by atomic mass is 79.9. The van der Waals surface area contributed by atoms with Crippen molar-refractivity contribution in [2.24, 2.45) is 0 Å². The highest BCUT2D eigenvalue weighted by Gasteiger charge is 2.76. The minimum absolute atomic E-state index is 0.524. The second-order valence-electron chi connectivity index (χ2n) is 11.6. The van der Waals surface area contributed by atoms with Gasteiger partial charge in [0.25, 0.3) is 0 Å². The van der Waals surface area contributed by atoms with Crippen molar-refractivity contribution in [1.29, 1.82) is 0 Å². The number of hydrogen-bond acceptors (Lipinski definition) is 6. The zero-order valence-electron chi connectivity index (χ0n) is 20.1. The van der Waals surface area contributed by atoms with E-state index in [-0.39, 0.29) is 0 Å². The number of hydrogen-bond donors (Lipinski definition) is 0. The third-order valence-corrected chi connectivity index (χ3v) is 8.96. The van der Waals surface area contributed by atoms with Gasteiger partial charge < -0.3 is 27.9 Å². The molecule has 3 heterocycles. The van der Waals surface area contributed by atoms with E-state index in [2.05, 4.69) is 15.9 Å². The summed E-state index contributed by atoms with van der Waals surface area (Å²) in [5, 5.41) is 0. The average molecular weight is 473 g/mol. The monoisotopic (exact) mass is 472 g/mol. The third-order valence-electron chi connectivity index (χ3n) is 7.84. The summed E-state index contributed by atoms with van der Waals surface area (Å²) in [6.07, 6.45) is 0. The fourth-order valence-corrected chi connectivity index (χ4v) is 3.97. The number of alkyl halides is 1. The fraction of sp³-hybridized carbons (Fsp3) is 1.00. The molecule has 0 saturated carbocycles. The van der Waals surface area contributed by atoms with E-state index in [0.29, 0.717) is 0 Å². The fourth-order valence-electron chi connectivity index (χ4n) is 3.40. The molecule has 0 aromatic heterocycles. The molecule has 0 aromatic carbocycles. The first-order valence-corrected chi connectivity index (χ1v) is 11.2. The Morgan fingerprint density at radius 3 is 0.690 bits per heavy atom. The molecular weight excluding hydrogens is 437 g/mol. The van der Waals surface area contributed by atoms with Crippen molar-refractivity contribution < 1.29 is 27.9 Å². The van der Waals surface area contributed by atoms with Gasteiger partial charge >= 0.3 is 21.4 Å². The summed E-state index contributed by atoms with van der Waals surface area (Å²) >= 11 is 3.93. The molecular formula is C19H36B3BrO6. The maximum Gasteiger partial charge on any atom is 0.471 e. The number of halogens is 1. The van der Waals surface area contributed by atoms with Crippen LogP contribution >= 0.6 is 15.9 Å². The molecule has 0 N–H and O–H groups in total. The summed E-state index contributed by atoms with van der Waals surface area (Å²) in [6, 6.07) is 0. The Kier molecular flexibility index (Phi) is 5.39. The van der Waals surface area contributed by atoms with Crippen molar-refractivity contribution in [1.82, 2.24) is 0 Å². The molecule has 6 nitrogen and oxygen atoms in total. The van der Waals surface area contributed by atoms with Crippen LogP contribution in [0.1, 0.15) is 83.1 Å². The van der Waals surface area contributed by atoms with Crippen molar-refractivity contribution in [2.75, 3.05) is 0 Å². The first-order chi connectivity index (χ1) is 12.7. The van der Waals surface area contributed by atoms with Crippen LogP contribution < -0.4 is 0 Å². The van der Waals surface area contributed by atoms with E-state index in [1.54, 1.807) is 0 Å². The maximum absolute atomic E-state index is 6.44. The van der Waals surface area contributed by atoms with Crippen LogP contribution in [0.3, 0.4) is 0 Å². The summed E-state index contributed by atoms with van der Waals surface area (Å²) in [6.45, 7) is 24.3. The summed E-state index contributed by atoms with van der Waals surface area (Å²) in [5.41, 5.74) is -3.14. The zero-order chi connectivity index (χ0) is 22.5. The lowest BCUT2D eigenvalue weighted by atomic mass is 9.36. The molecule has 164 valence electrons. The van der Waals surface area contributed by atoms with E-state index in [4.69, 9.17) is 27.9 Å². The smallest absolute Gasteiger partial charge is 0.403 e. The van der Waals surface area contributed by atoms with Gasteiger partial charge in [-0.15, -0.1) is 0 Å². The Morgan fingerprint density at radius 1 is 0.414 bits per heavy atom. The second kappa shape index (κ2) is 6.49. The third kappa shape index (κ3) is 3.49. The van der Waals surface area contributed by atoms with Crippen LogP contribution in [0.2, 0.25) is 0 Å². The van der Waals surface area contributed by atoms with Gasteiger partial charge in [-0.3, -0.25) is 0 Å². The molecule has 0 atom stereocenters. The van der Waals surface area contributed by atoms with E-state index in [9.17, 15) is 0 Å². The molecule has 0 bridgehead atoms. The van der Waals surface area contributed by atoms with E-state index >= 15 is 0 Å². The number of rotatable bonds is 3. The van der Waals surface area contributed by atoms with Crippen molar-refractivity contribution in [3.05, 3.63) is 0 Å². The van der Waals surface area contributed by atoms with Crippen LogP contribution in [0, 0.1) is 0 Å². The van der Waals surface area contributed by atoms with Gasteiger partial charge in [-0.2, -0.15) is 0 Å². The van der Waals surface area contributed by atoms with Gasteiger partial charge in [0, 0.05) is 0 Å². The van der Waals surface area contributed by atoms with Crippen LogP contribution in [-0.4, -0.2) is 59.0 Å². The van der Waals surface area contributed by atoms with E-state index in [0.717, 1.165) is 0 Å². The summed E-state index contributed by atoms with van der Waals surface area (Å²) in [7, 11) is -2.13. The van der Waals surface area contributed by atoms with E-state index < -0.39 is 59.0 Å². The molecule has 3 rings (SSSR count). The SMILES string of the molecule is CC1(C)OB(C(Br)(B2OC(C)(C)C(C)(C)O2)B2OC(C)(C)C(C)(C)O2)OC1(C)C. The predicted molar refractivity (Wildman–Crippen MR) is 120 cm³/mol. The average Bonchev–Trinajstić information content (AvgIpc) is 2.94. The van der Waals surface area contributed by atoms with Gasteiger partial charge in [0.15, 0.2) is 0 Å². The van der Waals surface area contributed by atoms with Gasteiger partial charge in [-0.1, -0.05) is 15.9 Å². The van der Waals surface area contributed by atoms with Gasteiger partial charge in [0.05, 0.1) is 33.6 Å². The van der Waals surface area contributed by atoms with Crippen LogP contribution in [0.25, 0.3) is 0 Å². The predicted octanol–water partition coefficient (Wildman–Crippen LogP) is 4.01. The van der Waals surface area contributed by atoms with Crippen LogP contribution in [-0.2, 0) is 27.9 Å². The van der Waals surface area contributed by atoms with Crippen molar-refractivity contribution in [2.45, 2.75) is 121 Å². The Morgan fingerprint density at radius 2 is 0.552 bits per heavy atom. The van der Waals surface area contributed by atoms with Gasteiger partial charge in [0.1, 0.15) is 4.02 Å². The second-order valence-corrected chi connectivity index (χ2v) is 13.0. The molecule has 0 unspecified atom stereocenters. The van der Waals surface area contributed by atoms with Gasteiger partial charge in [-0.05, 0) is 83.1 Å². The molecule has 0 amide bonds. The summed E-state index contributed by atoms with van der Waals surface area (Å²) in [4.78, 5) is 0. The first-order valence-electron chi connectivity index (χ1n) is 10.4. The normalized spacial score (nSPS) is 31.6. The highest BCUT2D eigenvalue weighted by Crippen LogP contribution is 2.52. The van der Waals surface area contributed by atoms with E-state index in [1.807, 2.05) is 83.1 Å². The zero-order valence-corrected chi connectivity index (χ0v) is 21.6. The molecule has 3 fully saturated rings. The van der Waals surface area contributed by atoms with Gasteiger partial charge in [-0.25, -0.2) is 0 Å². The Hall–Kier alpha value is 0.435. The Bertz CT molecular complexity index is 543. The molecule has 3 aliphatic heterocycles. The summed E-state index contributed by atoms with van der Waals surface area (Å²) in [5.74, 6) is 0. The minimum Gasteiger partial charge on any atom is -0.403 e. The molecule has 3 aliphatic rings. The molecule has 10 heteroatoms. The lowest BCUT2D eigenvalue weighted by Crippen LogP contribution is -2.66. The Labute approximate surface area is 186 Å². The molecule has 0 spiro atoms. The standard InChI is InChI=1S/C19H36B3BrO6/c1-13(2)14(3,4)25-20(24-13)19(23,21-26-15(5,6)16(7,8)27-21)22-28-17(9,10)18(11,12)29-22/h1-12H3. The van der Waals surface area contributed by atoms with Crippen molar-refractivity contribution in [3.63, 3.8) is 0 Å². The highest BCUT2D eigenvalue weighted by molar-refractivity contribution is 9.11. The molecule has 0 radical (unpaired) electrons. The lowest BCUT2D eigenvalue weighted by Gasteiger charge is -2.33. The molecule has 3 saturated heterocycles. The first kappa shape index (κ1) is 24.1.